The lowest BCUT2D eigenvalue weighted by Gasteiger charge is -2.55. The number of alkyl halides is 3. The Kier molecular flexibility index (Phi) is 7.95. The molecule has 1 saturated carbocycles. The van der Waals surface area contributed by atoms with E-state index in [2.05, 4.69) is 61.2 Å². The van der Waals surface area contributed by atoms with Gasteiger partial charge < -0.3 is 9.64 Å². The van der Waals surface area contributed by atoms with E-state index in [1.165, 1.54) is 25.0 Å². The Morgan fingerprint density at radius 2 is 1.73 bits per heavy atom. The highest BCUT2D eigenvalue weighted by Crippen LogP contribution is 2.47. The molecular formula is C29H36F3N7O2. The largest absolute Gasteiger partial charge is 0.573 e. The van der Waals surface area contributed by atoms with Crippen LogP contribution in [0.25, 0.3) is 0 Å². The molecule has 5 rings (SSSR count). The van der Waals surface area contributed by atoms with Gasteiger partial charge in [0.25, 0.3) is 11.9 Å². The summed E-state index contributed by atoms with van der Waals surface area (Å²) in [7, 11) is 0. The van der Waals surface area contributed by atoms with Crippen LogP contribution < -0.4 is 15.0 Å². The van der Waals surface area contributed by atoms with Crippen molar-refractivity contribution in [1.29, 1.82) is 0 Å². The highest BCUT2D eigenvalue weighted by Gasteiger charge is 2.45. The van der Waals surface area contributed by atoms with Crippen molar-refractivity contribution in [3.8, 4) is 5.75 Å². The maximum atomic E-state index is 12.6. The predicted octanol–water partition coefficient (Wildman–Crippen LogP) is 6.00. The zero-order valence-corrected chi connectivity index (χ0v) is 23.5. The monoisotopic (exact) mass is 571 g/mol. The average Bonchev–Trinajstić information content (AvgIpc) is 3.43. The number of nitrogens with one attached hydrogen (secondary N) is 2. The van der Waals surface area contributed by atoms with Crippen LogP contribution in [0.4, 0.5) is 24.8 Å². The van der Waals surface area contributed by atoms with Crippen LogP contribution >= 0.6 is 0 Å². The van der Waals surface area contributed by atoms with Gasteiger partial charge in [-0.25, -0.2) is 0 Å². The lowest BCUT2D eigenvalue weighted by molar-refractivity contribution is -0.274. The first-order chi connectivity index (χ1) is 19.4. The summed E-state index contributed by atoms with van der Waals surface area (Å²) in [4.78, 5) is 17.3. The summed E-state index contributed by atoms with van der Waals surface area (Å²) in [6.45, 7) is 9.12. The fraction of sp³-hybridized carbons (Fsp3) is 0.517. The van der Waals surface area contributed by atoms with Crippen LogP contribution in [0.3, 0.4) is 0 Å². The van der Waals surface area contributed by atoms with Crippen molar-refractivity contribution in [3.05, 3.63) is 59.7 Å². The fourth-order valence-electron chi connectivity index (χ4n) is 6.17. The lowest BCUT2D eigenvalue weighted by atomic mass is 9.65. The van der Waals surface area contributed by atoms with E-state index in [1.54, 1.807) is 24.3 Å². The topological polar surface area (TPSA) is 99.3 Å². The average molecular weight is 572 g/mol. The summed E-state index contributed by atoms with van der Waals surface area (Å²) < 4.78 is 42.0. The fourth-order valence-corrected chi connectivity index (χ4v) is 6.17. The number of H-pyrrole nitrogens is 1. The SMILES string of the molecule is CC(C)(C)C1CCC2(CC1)CCN(c1ccc(OC(F)(F)F)cc1)CN2Cc1ccc(C(=O)Nc2nn[nH]n2)cc1. The second kappa shape index (κ2) is 11.3. The Balaban J connectivity index is 1.32. The van der Waals surface area contributed by atoms with Gasteiger partial charge in [-0.2, -0.15) is 5.21 Å². The number of amides is 1. The van der Waals surface area contributed by atoms with Crippen molar-refractivity contribution >= 4 is 17.5 Å². The quantitative estimate of drug-likeness (QED) is 0.375. The number of ether oxygens (including phenoxy) is 1. The van der Waals surface area contributed by atoms with Gasteiger partial charge in [0, 0.05) is 29.9 Å². The Morgan fingerprint density at radius 3 is 2.32 bits per heavy atom. The van der Waals surface area contributed by atoms with E-state index in [0.717, 1.165) is 37.1 Å². The number of aromatic amines is 1. The number of aromatic nitrogens is 4. The summed E-state index contributed by atoms with van der Waals surface area (Å²) in [6.07, 6.45) is 0.789. The van der Waals surface area contributed by atoms with Gasteiger partial charge in [0.15, 0.2) is 0 Å². The van der Waals surface area contributed by atoms with Crippen LogP contribution in [-0.2, 0) is 6.54 Å². The van der Waals surface area contributed by atoms with Crippen molar-refractivity contribution in [2.24, 2.45) is 11.3 Å². The number of anilines is 2. The summed E-state index contributed by atoms with van der Waals surface area (Å²) in [5, 5.41) is 15.8. The number of tetrazole rings is 1. The Hall–Kier alpha value is -3.67. The molecule has 0 radical (unpaired) electrons. The Morgan fingerprint density at radius 1 is 1.05 bits per heavy atom. The molecule has 0 atom stereocenters. The number of hydrogen-bond acceptors (Lipinski definition) is 7. The Labute approximate surface area is 237 Å². The minimum atomic E-state index is -4.72. The second-order valence-corrected chi connectivity index (χ2v) is 12.1. The van der Waals surface area contributed by atoms with Crippen LogP contribution in [0.5, 0.6) is 5.75 Å². The zero-order chi connectivity index (χ0) is 29.3. The molecule has 0 unspecified atom stereocenters. The molecule has 12 heteroatoms. The first-order valence-electron chi connectivity index (χ1n) is 13.9. The number of nitrogens with zero attached hydrogens (tertiary/aromatic N) is 5. The number of benzene rings is 2. The molecule has 3 aromatic rings. The third kappa shape index (κ3) is 6.98. The van der Waals surface area contributed by atoms with Crippen LogP contribution in [-0.4, -0.2) is 56.5 Å². The third-order valence-electron chi connectivity index (χ3n) is 8.60. The van der Waals surface area contributed by atoms with E-state index in [-0.39, 0.29) is 28.6 Å². The normalized spacial score (nSPS) is 22.1. The van der Waals surface area contributed by atoms with Gasteiger partial charge in [-0.05, 0) is 90.6 Å². The summed E-state index contributed by atoms with van der Waals surface area (Å²) in [5.74, 6) is 0.233. The van der Waals surface area contributed by atoms with Crippen molar-refractivity contribution in [2.75, 3.05) is 23.4 Å². The minimum absolute atomic E-state index is 0.0479. The summed E-state index contributed by atoms with van der Waals surface area (Å²) >= 11 is 0. The molecule has 1 aliphatic carbocycles. The molecular weight excluding hydrogens is 535 g/mol. The van der Waals surface area contributed by atoms with E-state index in [9.17, 15) is 18.0 Å². The van der Waals surface area contributed by atoms with Gasteiger partial charge in [-0.1, -0.05) is 38.0 Å². The number of halogens is 3. The minimum Gasteiger partial charge on any atom is -0.406 e. The molecule has 2 aromatic carbocycles. The van der Waals surface area contributed by atoms with Crippen LogP contribution in [0.1, 0.15) is 68.8 Å². The lowest BCUT2D eigenvalue weighted by Crippen LogP contribution is -2.60. The molecule has 2 heterocycles. The molecule has 41 heavy (non-hydrogen) atoms. The van der Waals surface area contributed by atoms with Gasteiger partial charge in [0.05, 0.1) is 6.67 Å². The number of carbonyl (C=O) groups is 1. The number of carbonyl (C=O) groups excluding carboxylic acids is 1. The molecule has 9 nitrogen and oxygen atoms in total. The van der Waals surface area contributed by atoms with Gasteiger partial charge in [-0.15, -0.1) is 18.3 Å². The van der Waals surface area contributed by atoms with Gasteiger partial charge in [0.2, 0.25) is 0 Å². The van der Waals surface area contributed by atoms with E-state index in [0.29, 0.717) is 24.7 Å². The molecule has 0 bridgehead atoms. The van der Waals surface area contributed by atoms with Crippen molar-refractivity contribution in [3.63, 3.8) is 0 Å². The first-order valence-corrected chi connectivity index (χ1v) is 13.9. The highest BCUT2D eigenvalue weighted by atomic mass is 19.4. The van der Waals surface area contributed by atoms with Crippen LogP contribution in [0.15, 0.2) is 48.5 Å². The number of hydrogen-bond donors (Lipinski definition) is 2. The number of rotatable bonds is 6. The molecule has 2 aliphatic rings. The standard InChI is InChI=1S/C29H36F3N7O2/c1-27(2,3)22-12-14-28(15-13-22)16-17-38(23-8-10-24(11-9-23)41-29(30,31)32)19-39(28)18-20-4-6-21(7-5-20)25(40)33-26-34-36-37-35-26/h4-11,22H,12-19H2,1-3H3,(H2,33,34,35,36,37,40). The third-order valence-corrected chi connectivity index (χ3v) is 8.60. The highest BCUT2D eigenvalue weighted by molar-refractivity contribution is 6.03. The Bertz CT molecular complexity index is 1300. The van der Waals surface area contributed by atoms with E-state index in [4.69, 9.17) is 0 Å². The summed E-state index contributed by atoms with van der Waals surface area (Å²) in [6, 6.07) is 13.6. The van der Waals surface area contributed by atoms with Crippen molar-refractivity contribution < 1.29 is 22.7 Å². The molecule has 2 fully saturated rings. The molecule has 1 aliphatic heterocycles. The van der Waals surface area contributed by atoms with Gasteiger partial charge >= 0.3 is 6.36 Å². The first kappa shape index (κ1) is 28.8. The van der Waals surface area contributed by atoms with Crippen molar-refractivity contribution in [1.82, 2.24) is 25.5 Å². The maximum Gasteiger partial charge on any atom is 0.573 e. The predicted molar refractivity (Wildman–Crippen MR) is 148 cm³/mol. The summed E-state index contributed by atoms with van der Waals surface area (Å²) in [5.41, 5.74) is 2.74. The van der Waals surface area contributed by atoms with Crippen LogP contribution in [0, 0.1) is 11.3 Å². The zero-order valence-electron chi connectivity index (χ0n) is 23.5. The molecule has 2 N–H and O–H groups in total. The molecule has 1 amide bonds. The van der Waals surface area contributed by atoms with E-state index < -0.39 is 6.36 Å². The molecule has 220 valence electrons. The van der Waals surface area contributed by atoms with Crippen molar-refractivity contribution in [2.45, 2.75) is 71.3 Å². The molecule has 1 spiro atoms. The molecule has 1 saturated heterocycles. The van der Waals surface area contributed by atoms with Gasteiger partial charge in [0.1, 0.15) is 5.75 Å². The smallest absolute Gasteiger partial charge is 0.406 e. The van der Waals surface area contributed by atoms with Gasteiger partial charge in [-0.3, -0.25) is 15.0 Å². The maximum absolute atomic E-state index is 12.6. The van der Waals surface area contributed by atoms with E-state index >= 15 is 0 Å². The van der Waals surface area contributed by atoms with E-state index in [1.807, 2.05) is 12.1 Å². The van der Waals surface area contributed by atoms with Crippen LogP contribution in [0.2, 0.25) is 0 Å². The second-order valence-electron chi connectivity index (χ2n) is 12.1. The molecule has 1 aromatic heterocycles.